The molecule has 2 aromatic rings. The van der Waals surface area contributed by atoms with E-state index in [4.69, 9.17) is 4.74 Å². The average Bonchev–Trinajstić information content (AvgIpc) is 3.03. The van der Waals surface area contributed by atoms with Crippen LogP contribution in [-0.2, 0) is 4.74 Å². The first-order chi connectivity index (χ1) is 20.9. The lowest BCUT2D eigenvalue weighted by molar-refractivity contribution is 0.234. The molecule has 0 N–H and O–H groups in total. The predicted molar refractivity (Wildman–Crippen MR) is 168 cm³/mol. The van der Waals surface area contributed by atoms with Crippen LogP contribution in [0.3, 0.4) is 0 Å². The Morgan fingerprint density at radius 2 is 1.05 bits per heavy atom. The molecular formula is C38H50F4O. The molecule has 0 aliphatic heterocycles. The van der Waals surface area contributed by atoms with E-state index in [1.54, 1.807) is 24.3 Å². The molecule has 236 valence electrons. The fourth-order valence-corrected chi connectivity index (χ4v) is 7.12. The molecule has 2 atom stereocenters. The molecule has 0 radical (unpaired) electrons. The molecule has 2 saturated carbocycles. The summed E-state index contributed by atoms with van der Waals surface area (Å²) in [6.45, 7) is 4.07. The summed E-state index contributed by atoms with van der Waals surface area (Å²) in [5, 5.41) is 0. The van der Waals surface area contributed by atoms with Crippen LogP contribution in [0.15, 0.2) is 60.1 Å². The number of halogens is 4. The highest BCUT2D eigenvalue weighted by Crippen LogP contribution is 2.41. The minimum absolute atomic E-state index is 0.285. The highest BCUT2D eigenvalue weighted by Gasteiger charge is 2.29. The van der Waals surface area contributed by atoms with Crippen LogP contribution >= 0.6 is 0 Å². The van der Waals surface area contributed by atoms with Crippen molar-refractivity contribution in [2.24, 2.45) is 11.8 Å². The lowest BCUT2D eigenvalue weighted by Crippen LogP contribution is -2.15. The zero-order chi connectivity index (χ0) is 30.6. The zero-order valence-electron chi connectivity index (χ0n) is 26.2. The van der Waals surface area contributed by atoms with E-state index in [9.17, 15) is 8.78 Å². The predicted octanol–water partition coefficient (Wildman–Crippen LogP) is 12.4. The van der Waals surface area contributed by atoms with E-state index in [1.807, 2.05) is 13.8 Å². The first kappa shape index (κ1) is 33.3. The zero-order valence-corrected chi connectivity index (χ0v) is 26.2. The molecule has 2 fully saturated rings. The van der Waals surface area contributed by atoms with E-state index < -0.39 is 35.1 Å². The third-order valence-electron chi connectivity index (χ3n) is 9.55. The maximum absolute atomic E-state index is 15.3. The fourth-order valence-electron chi connectivity index (χ4n) is 7.12. The number of rotatable bonds is 14. The summed E-state index contributed by atoms with van der Waals surface area (Å²) < 4.78 is 66.6. The van der Waals surface area contributed by atoms with Crippen molar-refractivity contribution in [3.63, 3.8) is 0 Å². The Morgan fingerprint density at radius 3 is 1.42 bits per heavy atom. The van der Waals surface area contributed by atoms with Crippen LogP contribution in [0.5, 0.6) is 0 Å². The van der Waals surface area contributed by atoms with Gasteiger partial charge < -0.3 is 4.74 Å². The molecule has 2 unspecified atom stereocenters. The summed E-state index contributed by atoms with van der Waals surface area (Å²) in [6, 6.07) is 8.70. The molecule has 1 nitrogen and oxygen atoms in total. The molecule has 0 heterocycles. The highest BCUT2D eigenvalue weighted by molar-refractivity contribution is 5.33. The van der Waals surface area contributed by atoms with Crippen molar-refractivity contribution in [1.82, 2.24) is 0 Å². The molecule has 2 aliphatic carbocycles. The average molecular weight is 599 g/mol. The summed E-state index contributed by atoms with van der Waals surface area (Å²) in [5.41, 5.74) is 0.569. The molecule has 0 amide bonds. The Hall–Kier alpha value is -2.56. The standard InChI is InChI=1S/C38H50F4O/c1-3-13-29(31-19-11-21-33(39)37(31)41)35(25-23-27-15-7-5-8-16-27)43-36(26-24-28-17-9-6-10-18-28)30(14-4-2)32-20-12-22-34(40)38(32)42/h11-12,19-22,25-30H,3-10,13-18,23-24H2,1-2H3. The summed E-state index contributed by atoms with van der Waals surface area (Å²) in [6.07, 6.45) is 20.4. The van der Waals surface area contributed by atoms with Gasteiger partial charge in [0.05, 0.1) is 0 Å². The van der Waals surface area contributed by atoms with Crippen molar-refractivity contribution in [3.8, 4) is 0 Å². The van der Waals surface area contributed by atoms with Gasteiger partial charge in [0.25, 0.3) is 0 Å². The molecular weight excluding hydrogens is 548 g/mol. The minimum Gasteiger partial charge on any atom is -0.465 e. The van der Waals surface area contributed by atoms with E-state index in [2.05, 4.69) is 12.2 Å². The first-order valence-corrected chi connectivity index (χ1v) is 16.9. The van der Waals surface area contributed by atoms with Gasteiger partial charge in [0.2, 0.25) is 0 Å². The maximum Gasteiger partial charge on any atom is 0.162 e. The van der Waals surface area contributed by atoms with Gasteiger partial charge in [-0.1, -0.05) is 115 Å². The molecule has 2 aromatic carbocycles. The Kier molecular flexibility index (Phi) is 13.2. The lowest BCUT2D eigenvalue weighted by atomic mass is 9.84. The third-order valence-corrected chi connectivity index (χ3v) is 9.55. The van der Waals surface area contributed by atoms with E-state index in [1.165, 1.54) is 38.5 Å². The minimum atomic E-state index is -0.871. The molecule has 0 bridgehead atoms. The molecule has 2 aliphatic rings. The van der Waals surface area contributed by atoms with Gasteiger partial charge in [0.1, 0.15) is 11.5 Å². The van der Waals surface area contributed by atoms with Crippen LogP contribution in [0.1, 0.15) is 140 Å². The van der Waals surface area contributed by atoms with Gasteiger partial charge in [-0.15, -0.1) is 0 Å². The summed E-state index contributed by atoms with van der Waals surface area (Å²) in [4.78, 5) is 0. The monoisotopic (exact) mass is 598 g/mol. The van der Waals surface area contributed by atoms with Crippen molar-refractivity contribution in [3.05, 3.63) is 94.5 Å². The van der Waals surface area contributed by atoms with Gasteiger partial charge in [-0.25, -0.2) is 17.6 Å². The summed E-state index contributed by atoms with van der Waals surface area (Å²) in [7, 11) is 0. The van der Waals surface area contributed by atoms with Crippen LogP contribution in [0.25, 0.3) is 0 Å². The van der Waals surface area contributed by atoms with Gasteiger partial charge in [-0.3, -0.25) is 0 Å². The lowest BCUT2D eigenvalue weighted by Gasteiger charge is -2.29. The first-order valence-electron chi connectivity index (χ1n) is 16.9. The van der Waals surface area contributed by atoms with Gasteiger partial charge in [0.15, 0.2) is 23.3 Å². The molecule has 0 saturated heterocycles. The van der Waals surface area contributed by atoms with Gasteiger partial charge in [-0.2, -0.15) is 0 Å². The van der Waals surface area contributed by atoms with Crippen LogP contribution in [-0.4, -0.2) is 0 Å². The molecule has 4 rings (SSSR count). The normalized spacial score (nSPS) is 18.9. The number of benzene rings is 2. The van der Waals surface area contributed by atoms with Crippen molar-refractivity contribution in [2.75, 3.05) is 0 Å². The van der Waals surface area contributed by atoms with Crippen LogP contribution in [0, 0.1) is 35.1 Å². The Bertz CT molecular complexity index is 1110. The molecule has 0 aromatic heterocycles. The van der Waals surface area contributed by atoms with E-state index in [-0.39, 0.29) is 11.1 Å². The second-order valence-electron chi connectivity index (χ2n) is 12.8. The smallest absolute Gasteiger partial charge is 0.162 e. The largest absolute Gasteiger partial charge is 0.465 e. The van der Waals surface area contributed by atoms with E-state index in [0.29, 0.717) is 36.2 Å². The van der Waals surface area contributed by atoms with Gasteiger partial charge >= 0.3 is 0 Å². The highest BCUT2D eigenvalue weighted by atomic mass is 19.2. The fraction of sp³-hybridized carbons (Fsp3) is 0.579. The SMILES string of the molecule is CCCC(C(=CCC1CCCCC1)OC(=CCC1CCCCC1)C(CCC)c1cccc(F)c1F)c1cccc(F)c1F. The topological polar surface area (TPSA) is 9.23 Å². The number of hydrogen-bond donors (Lipinski definition) is 0. The summed E-state index contributed by atoms with van der Waals surface area (Å²) in [5.74, 6) is -2.15. The van der Waals surface area contributed by atoms with Crippen LogP contribution in [0.4, 0.5) is 17.6 Å². The summed E-state index contributed by atoms with van der Waals surface area (Å²) >= 11 is 0. The molecule has 43 heavy (non-hydrogen) atoms. The molecule has 5 heteroatoms. The van der Waals surface area contributed by atoms with Gasteiger partial charge in [0, 0.05) is 23.0 Å². The molecule has 0 spiro atoms. The van der Waals surface area contributed by atoms with Crippen molar-refractivity contribution >= 4 is 0 Å². The number of ether oxygens (including phenoxy) is 1. The quantitative estimate of drug-likeness (QED) is 0.155. The van der Waals surface area contributed by atoms with Crippen molar-refractivity contribution in [2.45, 2.75) is 128 Å². The Labute approximate surface area is 256 Å². The maximum atomic E-state index is 15.3. The Morgan fingerprint density at radius 1 is 0.651 bits per heavy atom. The third kappa shape index (κ3) is 9.22. The van der Waals surface area contributed by atoms with Crippen molar-refractivity contribution in [1.29, 1.82) is 0 Å². The van der Waals surface area contributed by atoms with Crippen LogP contribution < -0.4 is 0 Å². The Balaban J connectivity index is 1.79. The van der Waals surface area contributed by atoms with Gasteiger partial charge in [-0.05, 0) is 61.8 Å². The van der Waals surface area contributed by atoms with Crippen LogP contribution in [0.2, 0.25) is 0 Å². The second kappa shape index (κ2) is 17.1. The van der Waals surface area contributed by atoms with Crippen molar-refractivity contribution < 1.29 is 22.3 Å². The number of hydrogen-bond acceptors (Lipinski definition) is 1. The number of allylic oxidation sites excluding steroid dienone is 4. The van der Waals surface area contributed by atoms with E-state index in [0.717, 1.165) is 63.5 Å². The second-order valence-corrected chi connectivity index (χ2v) is 12.8. The van der Waals surface area contributed by atoms with E-state index >= 15 is 8.78 Å².